The smallest absolute Gasteiger partial charge is 0.286 e. The molecule has 2 aromatic heterocycles. The zero-order chi connectivity index (χ0) is 27.8. The van der Waals surface area contributed by atoms with E-state index in [1.54, 1.807) is 6.92 Å². The third-order valence-corrected chi connectivity index (χ3v) is 6.50. The minimum Gasteiger partial charge on any atom is -0.479 e. The monoisotopic (exact) mass is 545 g/mol. The molecule has 11 nitrogen and oxygen atoms in total. The molecule has 0 unspecified atom stereocenters. The Morgan fingerprint density at radius 1 is 1.37 bits per heavy atom. The predicted molar refractivity (Wildman–Crippen MR) is 135 cm³/mol. The van der Waals surface area contributed by atoms with Crippen molar-refractivity contribution in [3.8, 4) is 11.8 Å². The molecule has 1 aliphatic rings. The van der Waals surface area contributed by atoms with E-state index in [4.69, 9.17) is 4.74 Å². The van der Waals surface area contributed by atoms with E-state index >= 15 is 0 Å². The second-order valence-corrected chi connectivity index (χ2v) is 11.7. The highest BCUT2D eigenvalue weighted by Gasteiger charge is 2.38. The Morgan fingerprint density at radius 2 is 2.11 bits per heavy atom. The Hall–Kier alpha value is -4.12. The largest absolute Gasteiger partial charge is 0.479 e. The van der Waals surface area contributed by atoms with Crippen molar-refractivity contribution in [2.24, 2.45) is 4.36 Å². The van der Waals surface area contributed by atoms with Gasteiger partial charge in [0.2, 0.25) is 0 Å². The van der Waals surface area contributed by atoms with Crippen molar-refractivity contribution in [2.45, 2.75) is 38.6 Å². The molecular weight excluding hydrogens is 520 g/mol. The van der Waals surface area contributed by atoms with E-state index in [9.17, 15) is 27.8 Å². The number of ether oxygens (including phenoxy) is 1. The minimum atomic E-state index is -2.68. The number of alkyl halides is 1. The van der Waals surface area contributed by atoms with Gasteiger partial charge in [-0.25, -0.2) is 22.5 Å². The highest BCUT2D eigenvalue weighted by molar-refractivity contribution is 7.92. The zero-order valence-corrected chi connectivity index (χ0v) is 21.8. The lowest BCUT2D eigenvalue weighted by atomic mass is 10.2. The second kappa shape index (κ2) is 10.3. The van der Waals surface area contributed by atoms with Gasteiger partial charge in [-0.15, -0.1) is 0 Å². The molecular formula is C24H25F2N7O4S. The van der Waals surface area contributed by atoms with Crippen LogP contribution in [-0.2, 0) is 14.5 Å². The van der Waals surface area contributed by atoms with Crippen molar-refractivity contribution in [2.75, 3.05) is 24.4 Å². The van der Waals surface area contributed by atoms with Crippen molar-refractivity contribution >= 4 is 38.6 Å². The van der Waals surface area contributed by atoms with Crippen molar-refractivity contribution < 1.29 is 27.3 Å². The number of carbonyl (C=O) groups excluding carboxylic acids is 2. The number of amides is 2. The number of aromatic nitrogens is 3. The number of hydrogen-bond acceptors (Lipinski definition) is 8. The number of fused-ring (bicyclic) bond motifs is 1. The Bertz CT molecular complexity index is 1580. The molecule has 1 aromatic carbocycles. The maximum Gasteiger partial charge on any atom is 0.286 e. The fraction of sp³-hybridized carbons (Fsp3) is 0.375. The van der Waals surface area contributed by atoms with Gasteiger partial charge in [-0.05, 0) is 31.5 Å². The molecule has 0 radical (unpaired) electrons. The van der Waals surface area contributed by atoms with Crippen LogP contribution in [0, 0.1) is 24.1 Å². The van der Waals surface area contributed by atoms with E-state index in [1.165, 1.54) is 48.6 Å². The molecule has 3 atom stereocenters. The highest BCUT2D eigenvalue weighted by Crippen LogP contribution is 2.32. The first-order valence-electron chi connectivity index (χ1n) is 11.5. The average Bonchev–Trinajstić information content (AvgIpc) is 3.39. The van der Waals surface area contributed by atoms with Crippen LogP contribution < -0.4 is 10.1 Å². The number of nitriles is 1. The van der Waals surface area contributed by atoms with Gasteiger partial charge < -0.3 is 15.0 Å². The Morgan fingerprint density at radius 3 is 2.79 bits per heavy atom. The lowest BCUT2D eigenvalue weighted by Gasteiger charge is -2.24. The van der Waals surface area contributed by atoms with Crippen LogP contribution in [0.1, 0.15) is 29.3 Å². The van der Waals surface area contributed by atoms with E-state index in [0.29, 0.717) is 11.1 Å². The van der Waals surface area contributed by atoms with Gasteiger partial charge >= 0.3 is 0 Å². The van der Waals surface area contributed by atoms with Crippen LogP contribution >= 0.6 is 0 Å². The van der Waals surface area contributed by atoms with Crippen LogP contribution in [0.25, 0.3) is 5.52 Å². The number of nitrogens with zero attached hydrogens (tertiary/aromatic N) is 6. The highest BCUT2D eigenvalue weighted by atomic mass is 32.2. The molecule has 3 heterocycles. The number of nitrogens with one attached hydrogen (secondary N) is 1. The first kappa shape index (κ1) is 26.9. The molecule has 3 aromatic rings. The Kier molecular flexibility index (Phi) is 7.32. The number of hydrogen-bond donors (Lipinski definition) is 1. The molecule has 1 aliphatic heterocycles. The van der Waals surface area contributed by atoms with E-state index in [2.05, 4.69) is 19.8 Å². The average molecular weight is 546 g/mol. The van der Waals surface area contributed by atoms with Crippen LogP contribution in [0.4, 0.5) is 20.3 Å². The SMILES string of the molecule is Cc1c(C(=O)N=S(C)(C)=O)cn2ncnc(Nc3ccc(F)cc3O[C@H](C)C(=O)N3C[C@@H](F)C[C@H]3C#N)c12. The number of anilines is 2. The summed E-state index contributed by atoms with van der Waals surface area (Å²) in [5.74, 6) is -1.69. The topological polar surface area (TPSA) is 142 Å². The fourth-order valence-electron chi connectivity index (χ4n) is 4.17. The van der Waals surface area contributed by atoms with Crippen LogP contribution in [0.5, 0.6) is 5.75 Å². The van der Waals surface area contributed by atoms with Gasteiger partial charge in [-0.3, -0.25) is 9.59 Å². The van der Waals surface area contributed by atoms with Gasteiger partial charge in [0.1, 0.15) is 35.6 Å². The molecule has 200 valence electrons. The van der Waals surface area contributed by atoms with Crippen molar-refractivity contribution in [1.82, 2.24) is 19.5 Å². The standard InChI is InChI=1S/C24H25F2N7O4S/c1-13-18(23(34)31-38(3,4)36)11-33-21(13)22(28-12-29-33)30-19-6-5-15(25)8-20(19)37-14(2)24(35)32-10-16(26)7-17(32)9-27/h5-6,8,11-12,14,16-17H,7,10H2,1-4H3,(H,28,29,30)/t14-,16+,17+/m1/s1. The molecule has 14 heteroatoms. The quantitative estimate of drug-likeness (QED) is 0.498. The van der Waals surface area contributed by atoms with Gasteiger partial charge in [-0.2, -0.15) is 14.7 Å². The number of rotatable bonds is 6. The molecule has 1 fully saturated rings. The summed E-state index contributed by atoms with van der Waals surface area (Å²) in [7, 11) is -2.68. The summed E-state index contributed by atoms with van der Waals surface area (Å²) in [6, 6.07) is 4.65. The summed E-state index contributed by atoms with van der Waals surface area (Å²) in [6.07, 6.45) is 2.85. The summed E-state index contributed by atoms with van der Waals surface area (Å²) in [5, 5.41) is 16.4. The molecule has 2 amide bonds. The summed E-state index contributed by atoms with van der Waals surface area (Å²) in [4.78, 5) is 30.8. The summed E-state index contributed by atoms with van der Waals surface area (Å²) < 4.78 is 50.9. The summed E-state index contributed by atoms with van der Waals surface area (Å²) in [6.45, 7) is 2.87. The first-order chi connectivity index (χ1) is 17.9. The molecule has 0 bridgehead atoms. The molecule has 0 spiro atoms. The molecule has 1 saturated heterocycles. The Balaban J connectivity index is 1.65. The number of halogens is 2. The summed E-state index contributed by atoms with van der Waals surface area (Å²) in [5.41, 5.74) is 1.31. The maximum atomic E-state index is 14.2. The van der Waals surface area contributed by atoms with Crippen LogP contribution in [0.2, 0.25) is 0 Å². The number of benzene rings is 1. The Labute approximate surface area is 217 Å². The number of carbonyl (C=O) groups is 2. The molecule has 38 heavy (non-hydrogen) atoms. The fourth-order valence-corrected chi connectivity index (χ4v) is 4.66. The zero-order valence-electron chi connectivity index (χ0n) is 21.0. The molecule has 0 aliphatic carbocycles. The van der Waals surface area contributed by atoms with E-state index in [-0.39, 0.29) is 35.8 Å². The van der Waals surface area contributed by atoms with Gasteiger partial charge in [0.15, 0.2) is 11.9 Å². The lowest BCUT2D eigenvalue weighted by molar-refractivity contribution is -0.138. The van der Waals surface area contributed by atoms with Crippen LogP contribution in [-0.4, -0.2) is 72.9 Å². The van der Waals surface area contributed by atoms with Crippen molar-refractivity contribution in [3.05, 3.63) is 47.7 Å². The lowest BCUT2D eigenvalue weighted by Crippen LogP contribution is -2.43. The first-order valence-corrected chi connectivity index (χ1v) is 13.8. The van der Waals surface area contributed by atoms with Gasteiger partial charge in [-0.1, -0.05) is 0 Å². The van der Waals surface area contributed by atoms with Crippen molar-refractivity contribution in [3.63, 3.8) is 0 Å². The normalized spacial score (nSPS) is 18.2. The number of aryl methyl sites for hydroxylation is 1. The molecule has 0 saturated carbocycles. The third kappa shape index (κ3) is 5.57. The van der Waals surface area contributed by atoms with Gasteiger partial charge in [0.05, 0.1) is 23.9 Å². The number of likely N-dealkylation sites (tertiary alicyclic amines) is 1. The molecule has 1 N–H and O–H groups in total. The third-order valence-electron chi connectivity index (χ3n) is 5.89. The molecule has 4 rings (SSSR count). The van der Waals surface area contributed by atoms with E-state index < -0.39 is 45.7 Å². The second-order valence-electron chi connectivity index (χ2n) is 9.14. The maximum absolute atomic E-state index is 14.2. The predicted octanol–water partition coefficient (Wildman–Crippen LogP) is 3.02. The van der Waals surface area contributed by atoms with Gasteiger partial charge in [0, 0.05) is 40.9 Å². The summed E-state index contributed by atoms with van der Waals surface area (Å²) >= 11 is 0. The minimum absolute atomic E-state index is 0.0284. The van der Waals surface area contributed by atoms with Crippen LogP contribution in [0.15, 0.2) is 35.1 Å². The van der Waals surface area contributed by atoms with Gasteiger partial charge in [0.25, 0.3) is 11.8 Å². The van der Waals surface area contributed by atoms with Crippen LogP contribution in [0.3, 0.4) is 0 Å². The van der Waals surface area contributed by atoms with E-state index in [1.807, 2.05) is 6.07 Å². The van der Waals surface area contributed by atoms with E-state index in [0.717, 1.165) is 11.0 Å². The van der Waals surface area contributed by atoms with Crippen molar-refractivity contribution in [1.29, 1.82) is 5.26 Å².